The third-order valence-electron chi connectivity index (χ3n) is 4.12. The SMILES string of the molecule is Cn1ccnc1Sc1cc(Oc2ccc([PH](=O)O)cc2)cc(C(=O)Nc2nccs2)c1. The number of anilines is 1. The fourth-order valence-electron chi connectivity index (χ4n) is 2.63. The first-order chi connectivity index (χ1) is 15.0. The third-order valence-corrected chi connectivity index (χ3v) is 6.68. The lowest BCUT2D eigenvalue weighted by atomic mass is 10.2. The maximum Gasteiger partial charge on any atom is 0.257 e. The van der Waals surface area contributed by atoms with Gasteiger partial charge in [-0.1, -0.05) is 11.8 Å². The molecule has 1 amide bonds. The van der Waals surface area contributed by atoms with Crippen molar-refractivity contribution in [3.63, 3.8) is 0 Å². The van der Waals surface area contributed by atoms with Crippen LogP contribution in [0.3, 0.4) is 0 Å². The van der Waals surface area contributed by atoms with Crippen LogP contribution in [-0.4, -0.2) is 25.3 Å². The summed E-state index contributed by atoms with van der Waals surface area (Å²) in [6, 6.07) is 11.5. The Bertz CT molecular complexity index is 1230. The molecule has 0 spiro atoms. The van der Waals surface area contributed by atoms with Crippen molar-refractivity contribution in [2.45, 2.75) is 10.1 Å². The van der Waals surface area contributed by atoms with Crippen LogP contribution in [0.25, 0.3) is 0 Å². The molecule has 0 aliphatic rings. The number of aryl methyl sites for hydroxylation is 1. The number of imidazole rings is 1. The van der Waals surface area contributed by atoms with Crippen molar-refractivity contribution in [3.05, 3.63) is 72.0 Å². The minimum atomic E-state index is -2.76. The molecule has 4 aromatic rings. The number of hydrogen-bond acceptors (Lipinski definition) is 7. The summed E-state index contributed by atoms with van der Waals surface area (Å²) in [6.07, 6.45) is 5.16. The summed E-state index contributed by atoms with van der Waals surface area (Å²) in [7, 11) is -0.869. The molecule has 0 aliphatic heterocycles. The van der Waals surface area contributed by atoms with Gasteiger partial charge in [0.05, 0.1) is 0 Å². The molecule has 0 fully saturated rings. The van der Waals surface area contributed by atoms with Gasteiger partial charge in [0.25, 0.3) is 5.91 Å². The second-order valence-corrected chi connectivity index (χ2v) is 9.46. The molecule has 8 nitrogen and oxygen atoms in total. The van der Waals surface area contributed by atoms with E-state index in [1.807, 2.05) is 23.9 Å². The van der Waals surface area contributed by atoms with Gasteiger partial charge >= 0.3 is 0 Å². The molecular weight excluding hydrogens is 455 g/mol. The highest BCUT2D eigenvalue weighted by Gasteiger charge is 2.14. The Kier molecular flexibility index (Phi) is 6.53. The molecule has 2 N–H and O–H groups in total. The van der Waals surface area contributed by atoms with Crippen LogP contribution in [0.5, 0.6) is 11.5 Å². The number of aromatic nitrogens is 3. The summed E-state index contributed by atoms with van der Waals surface area (Å²) in [4.78, 5) is 31.2. The van der Waals surface area contributed by atoms with Crippen LogP contribution in [0.4, 0.5) is 5.13 Å². The van der Waals surface area contributed by atoms with E-state index in [0.29, 0.717) is 27.5 Å². The molecule has 0 saturated heterocycles. The molecule has 158 valence electrons. The number of nitrogens with one attached hydrogen (secondary N) is 1. The van der Waals surface area contributed by atoms with Gasteiger partial charge in [-0.3, -0.25) is 14.7 Å². The van der Waals surface area contributed by atoms with Crippen molar-refractivity contribution < 1.29 is 19.0 Å². The van der Waals surface area contributed by atoms with Gasteiger partial charge in [0.1, 0.15) is 11.5 Å². The maximum absolute atomic E-state index is 12.8. The second-order valence-electron chi connectivity index (χ2n) is 6.34. The Morgan fingerprint density at radius 3 is 2.61 bits per heavy atom. The molecule has 0 aliphatic carbocycles. The summed E-state index contributed by atoms with van der Waals surface area (Å²) in [6.45, 7) is 0. The lowest BCUT2D eigenvalue weighted by Gasteiger charge is -2.11. The minimum absolute atomic E-state index is 0.309. The van der Waals surface area contributed by atoms with E-state index in [-0.39, 0.29) is 5.91 Å². The van der Waals surface area contributed by atoms with Crippen molar-refractivity contribution >= 4 is 47.5 Å². The van der Waals surface area contributed by atoms with Crippen LogP contribution in [0.15, 0.2) is 76.5 Å². The van der Waals surface area contributed by atoms with E-state index in [4.69, 9.17) is 4.74 Å². The largest absolute Gasteiger partial charge is 0.457 e. The predicted octanol–water partition coefficient (Wildman–Crippen LogP) is 4.16. The molecule has 4 rings (SSSR count). The van der Waals surface area contributed by atoms with E-state index in [1.165, 1.54) is 23.1 Å². The van der Waals surface area contributed by atoms with Crippen molar-refractivity contribution in [2.24, 2.45) is 7.05 Å². The first-order valence-electron chi connectivity index (χ1n) is 9.00. The van der Waals surface area contributed by atoms with Gasteiger partial charge in [-0.2, -0.15) is 0 Å². The van der Waals surface area contributed by atoms with E-state index in [0.717, 1.165) is 10.1 Å². The van der Waals surface area contributed by atoms with Crippen LogP contribution in [0.2, 0.25) is 0 Å². The zero-order chi connectivity index (χ0) is 21.8. The Labute approximate surface area is 186 Å². The Balaban J connectivity index is 1.63. The number of carbonyl (C=O) groups excluding carboxylic acids is 1. The summed E-state index contributed by atoms with van der Waals surface area (Å²) in [5.41, 5.74) is 0.404. The topological polar surface area (TPSA) is 106 Å². The average Bonchev–Trinajstić information content (AvgIpc) is 3.40. The smallest absolute Gasteiger partial charge is 0.257 e. The van der Waals surface area contributed by atoms with Crippen molar-refractivity contribution in [3.8, 4) is 11.5 Å². The zero-order valence-corrected chi connectivity index (χ0v) is 18.8. The molecule has 1 atom stereocenters. The van der Waals surface area contributed by atoms with Crippen LogP contribution in [-0.2, 0) is 11.6 Å². The average molecular weight is 472 g/mol. The molecule has 2 heterocycles. The molecule has 2 aromatic heterocycles. The van der Waals surface area contributed by atoms with E-state index in [9.17, 15) is 14.3 Å². The first-order valence-corrected chi connectivity index (χ1v) is 12.1. The number of nitrogens with zero attached hydrogens (tertiary/aromatic N) is 3. The number of ether oxygens (including phenoxy) is 1. The van der Waals surface area contributed by atoms with Gasteiger partial charge in [-0.05, 0) is 42.5 Å². The Hall–Kier alpha value is -2.91. The van der Waals surface area contributed by atoms with Gasteiger partial charge in [-0.15, -0.1) is 11.3 Å². The Morgan fingerprint density at radius 1 is 1.16 bits per heavy atom. The van der Waals surface area contributed by atoms with Gasteiger partial charge in [-0.25, -0.2) is 9.97 Å². The zero-order valence-electron chi connectivity index (χ0n) is 16.2. The standard InChI is InChI=1S/C20H17N4O4PS2/c1-24-8-6-22-20(24)31-17-11-13(18(25)23-19-21-7-9-30-19)10-15(12-17)28-14-2-4-16(5-3-14)29(26)27/h2-12,29H,1H3,(H,26,27)(H,21,23,25). The number of rotatable bonds is 7. The molecular formula is C20H17N4O4PS2. The van der Waals surface area contributed by atoms with Crippen LogP contribution >= 0.6 is 31.1 Å². The number of thiazole rings is 1. The quantitative estimate of drug-likeness (QED) is 0.389. The summed E-state index contributed by atoms with van der Waals surface area (Å²) >= 11 is 2.73. The predicted molar refractivity (Wildman–Crippen MR) is 121 cm³/mol. The van der Waals surface area contributed by atoms with E-state index < -0.39 is 8.03 Å². The Morgan fingerprint density at radius 2 is 1.97 bits per heavy atom. The van der Waals surface area contributed by atoms with Crippen molar-refractivity contribution in [1.82, 2.24) is 14.5 Å². The van der Waals surface area contributed by atoms with Gasteiger partial charge < -0.3 is 14.2 Å². The van der Waals surface area contributed by atoms with E-state index in [2.05, 4.69) is 15.3 Å². The maximum atomic E-state index is 12.8. The number of carbonyl (C=O) groups is 1. The van der Waals surface area contributed by atoms with Crippen LogP contribution < -0.4 is 15.4 Å². The highest BCUT2D eigenvalue weighted by molar-refractivity contribution is 7.99. The van der Waals surface area contributed by atoms with Gasteiger partial charge in [0.2, 0.25) is 8.03 Å². The number of benzene rings is 2. The molecule has 2 aromatic carbocycles. The van der Waals surface area contributed by atoms with Crippen molar-refractivity contribution in [2.75, 3.05) is 5.32 Å². The summed E-state index contributed by atoms with van der Waals surface area (Å²) < 4.78 is 19.0. The highest BCUT2D eigenvalue weighted by Crippen LogP contribution is 2.33. The van der Waals surface area contributed by atoms with Gasteiger partial charge in [0, 0.05) is 46.8 Å². The normalized spacial score (nSPS) is 11.8. The van der Waals surface area contributed by atoms with Gasteiger partial charge in [0.15, 0.2) is 10.3 Å². The fourth-order valence-corrected chi connectivity index (χ4v) is 4.50. The number of amides is 1. The molecule has 1 unspecified atom stereocenters. The summed E-state index contributed by atoms with van der Waals surface area (Å²) in [5, 5.41) is 6.17. The fraction of sp³-hybridized carbons (Fsp3) is 0.0500. The summed E-state index contributed by atoms with van der Waals surface area (Å²) in [5.74, 6) is 0.627. The molecule has 0 radical (unpaired) electrons. The minimum Gasteiger partial charge on any atom is -0.457 e. The lowest BCUT2D eigenvalue weighted by Crippen LogP contribution is -2.12. The second kappa shape index (κ2) is 9.49. The first kappa shape index (κ1) is 21.3. The van der Waals surface area contributed by atoms with Crippen LogP contribution in [0, 0.1) is 0 Å². The number of hydrogen-bond donors (Lipinski definition) is 2. The van der Waals surface area contributed by atoms with E-state index >= 15 is 0 Å². The molecule has 0 saturated carbocycles. The molecule has 31 heavy (non-hydrogen) atoms. The molecule has 0 bridgehead atoms. The molecule has 11 heteroatoms. The van der Waals surface area contributed by atoms with Crippen molar-refractivity contribution in [1.29, 1.82) is 0 Å². The van der Waals surface area contributed by atoms with E-state index in [1.54, 1.807) is 54.2 Å². The van der Waals surface area contributed by atoms with Crippen LogP contribution in [0.1, 0.15) is 10.4 Å². The lowest BCUT2D eigenvalue weighted by molar-refractivity contribution is 0.102. The third kappa shape index (κ3) is 5.42. The monoisotopic (exact) mass is 472 g/mol. The highest BCUT2D eigenvalue weighted by atomic mass is 32.2.